The molecule has 1 fully saturated rings. The molecule has 3 heterocycles. The Kier molecular flexibility index (Phi) is 6.03. The molecular formula is C24H28N4O. The molecule has 1 saturated heterocycles. The Labute approximate surface area is 172 Å². The minimum atomic E-state index is 0.248. The molecule has 1 aliphatic rings. The fraction of sp³-hybridized carbons (Fsp3) is 0.375. The van der Waals surface area contributed by atoms with Gasteiger partial charge < -0.3 is 4.90 Å². The van der Waals surface area contributed by atoms with Gasteiger partial charge in [0.05, 0.1) is 0 Å². The Morgan fingerprint density at radius 2 is 2.00 bits per heavy atom. The van der Waals surface area contributed by atoms with E-state index < -0.39 is 0 Å². The van der Waals surface area contributed by atoms with Gasteiger partial charge in [0, 0.05) is 49.9 Å². The lowest BCUT2D eigenvalue weighted by Crippen LogP contribution is -2.39. The number of hydrogen-bond acceptors (Lipinski definition) is 3. The highest BCUT2D eigenvalue weighted by molar-refractivity contribution is 5.76. The van der Waals surface area contributed by atoms with Crippen molar-refractivity contribution < 1.29 is 4.79 Å². The number of likely N-dealkylation sites (tertiary alicyclic amines) is 1. The largest absolute Gasteiger partial charge is 0.342 e. The van der Waals surface area contributed by atoms with Crippen LogP contribution in [0.3, 0.4) is 0 Å². The van der Waals surface area contributed by atoms with Crippen LogP contribution in [0, 0.1) is 0 Å². The Balaban J connectivity index is 1.43. The normalized spacial score (nSPS) is 16.7. The quantitative estimate of drug-likeness (QED) is 0.637. The lowest BCUT2D eigenvalue weighted by Gasteiger charge is -2.32. The molecule has 0 spiro atoms. The molecule has 0 aliphatic carbocycles. The first kappa shape index (κ1) is 19.4. The SMILES string of the molecule is CCc1nccn1-c1cccc([C@H]2CCCN(C(=O)CCc3ccccc3)C2)n1. The maximum absolute atomic E-state index is 12.8. The summed E-state index contributed by atoms with van der Waals surface area (Å²) in [6.07, 6.45) is 8.12. The fourth-order valence-corrected chi connectivity index (χ4v) is 4.10. The molecule has 0 saturated carbocycles. The summed E-state index contributed by atoms with van der Waals surface area (Å²) < 4.78 is 2.05. The van der Waals surface area contributed by atoms with Crippen molar-refractivity contribution in [3.63, 3.8) is 0 Å². The third-order valence-electron chi connectivity index (χ3n) is 5.70. The molecule has 0 N–H and O–H groups in total. The Morgan fingerprint density at radius 1 is 1.14 bits per heavy atom. The zero-order valence-electron chi connectivity index (χ0n) is 17.0. The fourth-order valence-electron chi connectivity index (χ4n) is 4.10. The van der Waals surface area contributed by atoms with Crippen molar-refractivity contribution in [3.8, 4) is 5.82 Å². The van der Waals surface area contributed by atoms with Crippen molar-refractivity contribution in [1.29, 1.82) is 0 Å². The maximum atomic E-state index is 12.8. The topological polar surface area (TPSA) is 51.0 Å². The molecule has 0 radical (unpaired) electrons. The highest BCUT2D eigenvalue weighted by Gasteiger charge is 2.25. The van der Waals surface area contributed by atoms with Gasteiger partial charge in [-0.25, -0.2) is 9.97 Å². The van der Waals surface area contributed by atoms with Crippen LogP contribution in [0.1, 0.15) is 49.2 Å². The van der Waals surface area contributed by atoms with E-state index in [0.717, 1.165) is 56.1 Å². The van der Waals surface area contributed by atoms with Gasteiger partial charge in [0.1, 0.15) is 11.6 Å². The zero-order chi connectivity index (χ0) is 20.1. The number of aromatic nitrogens is 3. The predicted octanol–water partition coefficient (Wildman–Crippen LogP) is 4.17. The van der Waals surface area contributed by atoms with E-state index in [2.05, 4.69) is 40.7 Å². The number of amides is 1. The number of carbonyl (C=O) groups is 1. The minimum Gasteiger partial charge on any atom is -0.342 e. The number of imidazole rings is 1. The van der Waals surface area contributed by atoms with Crippen molar-refractivity contribution in [2.75, 3.05) is 13.1 Å². The van der Waals surface area contributed by atoms with E-state index in [0.29, 0.717) is 6.42 Å². The van der Waals surface area contributed by atoms with Gasteiger partial charge in [0.25, 0.3) is 0 Å². The van der Waals surface area contributed by atoms with Crippen LogP contribution in [-0.2, 0) is 17.6 Å². The van der Waals surface area contributed by atoms with Crippen molar-refractivity contribution in [2.45, 2.75) is 44.9 Å². The summed E-state index contributed by atoms with van der Waals surface area (Å²) in [6, 6.07) is 16.4. The van der Waals surface area contributed by atoms with Crippen LogP contribution in [0.25, 0.3) is 5.82 Å². The molecule has 29 heavy (non-hydrogen) atoms. The summed E-state index contributed by atoms with van der Waals surface area (Å²) in [4.78, 5) is 24.1. The highest BCUT2D eigenvalue weighted by Crippen LogP contribution is 2.27. The second-order valence-corrected chi connectivity index (χ2v) is 7.65. The predicted molar refractivity (Wildman–Crippen MR) is 114 cm³/mol. The summed E-state index contributed by atoms with van der Waals surface area (Å²) in [6.45, 7) is 3.71. The number of nitrogens with zero attached hydrogens (tertiary/aromatic N) is 4. The van der Waals surface area contributed by atoms with Crippen molar-refractivity contribution in [2.24, 2.45) is 0 Å². The van der Waals surface area contributed by atoms with Crippen molar-refractivity contribution in [3.05, 3.63) is 78.0 Å². The van der Waals surface area contributed by atoms with E-state index in [4.69, 9.17) is 4.98 Å². The number of aryl methyl sites for hydroxylation is 2. The lowest BCUT2D eigenvalue weighted by atomic mass is 9.94. The molecular weight excluding hydrogens is 360 g/mol. The molecule has 5 heteroatoms. The monoisotopic (exact) mass is 388 g/mol. The second kappa shape index (κ2) is 9.03. The number of pyridine rings is 1. The summed E-state index contributed by atoms with van der Waals surface area (Å²) in [7, 11) is 0. The number of rotatable bonds is 6. The molecule has 1 atom stereocenters. The van der Waals surface area contributed by atoms with E-state index in [1.807, 2.05) is 41.6 Å². The standard InChI is InChI=1S/C24H28N4O/c1-2-22-25-15-17-28(22)23-12-6-11-21(26-23)20-10-7-16-27(18-20)24(29)14-13-19-8-4-3-5-9-19/h3-6,8-9,11-12,15,17,20H,2,7,10,13-14,16,18H2,1H3/t20-/m0/s1. The summed E-state index contributed by atoms with van der Waals surface area (Å²) in [5, 5.41) is 0. The molecule has 0 unspecified atom stereocenters. The Morgan fingerprint density at radius 3 is 2.83 bits per heavy atom. The molecule has 0 bridgehead atoms. The average molecular weight is 389 g/mol. The Bertz CT molecular complexity index is 950. The first-order valence-electron chi connectivity index (χ1n) is 10.6. The minimum absolute atomic E-state index is 0.248. The van der Waals surface area contributed by atoms with Gasteiger partial charge in [-0.05, 0) is 37.0 Å². The molecule has 1 aliphatic heterocycles. The van der Waals surface area contributed by atoms with E-state index in [9.17, 15) is 4.79 Å². The maximum Gasteiger partial charge on any atom is 0.222 e. The van der Waals surface area contributed by atoms with Crippen LogP contribution in [-0.4, -0.2) is 38.4 Å². The van der Waals surface area contributed by atoms with Gasteiger partial charge in [-0.1, -0.05) is 43.3 Å². The van der Waals surface area contributed by atoms with Crippen molar-refractivity contribution >= 4 is 5.91 Å². The van der Waals surface area contributed by atoms with Crippen LogP contribution in [0.5, 0.6) is 0 Å². The summed E-state index contributed by atoms with van der Waals surface area (Å²) >= 11 is 0. The zero-order valence-corrected chi connectivity index (χ0v) is 17.0. The third-order valence-corrected chi connectivity index (χ3v) is 5.70. The first-order valence-corrected chi connectivity index (χ1v) is 10.6. The van der Waals surface area contributed by atoms with E-state index in [1.54, 1.807) is 0 Å². The van der Waals surface area contributed by atoms with Gasteiger partial charge >= 0.3 is 0 Å². The van der Waals surface area contributed by atoms with E-state index in [-0.39, 0.29) is 11.8 Å². The van der Waals surface area contributed by atoms with Crippen LogP contribution >= 0.6 is 0 Å². The van der Waals surface area contributed by atoms with Gasteiger partial charge in [-0.3, -0.25) is 9.36 Å². The highest BCUT2D eigenvalue weighted by atomic mass is 16.2. The number of hydrogen-bond donors (Lipinski definition) is 0. The number of carbonyl (C=O) groups excluding carboxylic acids is 1. The molecule has 1 aromatic carbocycles. The van der Waals surface area contributed by atoms with Gasteiger partial charge in [-0.15, -0.1) is 0 Å². The average Bonchev–Trinajstić information content (AvgIpc) is 3.27. The summed E-state index contributed by atoms with van der Waals surface area (Å²) in [5.74, 6) is 2.45. The molecule has 5 nitrogen and oxygen atoms in total. The van der Waals surface area contributed by atoms with Gasteiger partial charge in [0.15, 0.2) is 0 Å². The molecule has 4 rings (SSSR count). The molecule has 1 amide bonds. The number of benzene rings is 1. The van der Waals surface area contributed by atoms with Crippen LogP contribution in [0.15, 0.2) is 60.9 Å². The second-order valence-electron chi connectivity index (χ2n) is 7.65. The van der Waals surface area contributed by atoms with Crippen LogP contribution in [0.2, 0.25) is 0 Å². The first-order chi connectivity index (χ1) is 14.2. The van der Waals surface area contributed by atoms with E-state index >= 15 is 0 Å². The van der Waals surface area contributed by atoms with Crippen LogP contribution < -0.4 is 0 Å². The number of piperidine rings is 1. The third kappa shape index (κ3) is 4.56. The van der Waals surface area contributed by atoms with Gasteiger partial charge in [0.2, 0.25) is 5.91 Å². The Hall–Kier alpha value is -2.95. The molecule has 3 aromatic rings. The molecule has 2 aromatic heterocycles. The summed E-state index contributed by atoms with van der Waals surface area (Å²) in [5.41, 5.74) is 2.29. The smallest absolute Gasteiger partial charge is 0.222 e. The molecule has 150 valence electrons. The van der Waals surface area contributed by atoms with E-state index in [1.165, 1.54) is 5.56 Å². The van der Waals surface area contributed by atoms with Gasteiger partial charge in [-0.2, -0.15) is 0 Å². The lowest BCUT2D eigenvalue weighted by molar-refractivity contribution is -0.132. The van der Waals surface area contributed by atoms with Crippen molar-refractivity contribution in [1.82, 2.24) is 19.4 Å². The van der Waals surface area contributed by atoms with Crippen LogP contribution in [0.4, 0.5) is 0 Å².